The molecule has 1 heterocycles. The van der Waals surface area contributed by atoms with Gasteiger partial charge in [-0.25, -0.2) is 4.39 Å². The molecule has 1 fully saturated rings. The molecule has 1 aliphatic heterocycles. The van der Waals surface area contributed by atoms with Crippen LogP contribution in [0.25, 0.3) is 0 Å². The summed E-state index contributed by atoms with van der Waals surface area (Å²) in [4.78, 5) is 25.2. The molecule has 9 heteroatoms. The fraction of sp³-hybridized carbons (Fsp3) is 0.467. The lowest BCUT2D eigenvalue weighted by atomic mass is 9.98. The molecular weight excluding hydrogens is 332 g/mol. The second-order valence-electron chi connectivity index (χ2n) is 5.56. The number of likely N-dealkylation sites (tertiary alicyclic amines) is 1. The summed E-state index contributed by atoms with van der Waals surface area (Å²) in [5.41, 5.74) is -2.03. The number of carbonyl (C=O) groups excluding carboxylic acids is 2. The Balaban J connectivity index is 2.09. The first-order valence-electron chi connectivity index (χ1n) is 7.30. The molecule has 0 atom stereocenters. The molecule has 1 saturated heterocycles. The van der Waals surface area contributed by atoms with E-state index in [1.807, 2.05) is 5.32 Å². The zero-order valence-corrected chi connectivity index (χ0v) is 12.6. The minimum absolute atomic E-state index is 0.0151. The van der Waals surface area contributed by atoms with E-state index in [0.29, 0.717) is 12.8 Å². The third-order valence-electron chi connectivity index (χ3n) is 3.89. The van der Waals surface area contributed by atoms with Gasteiger partial charge in [0.1, 0.15) is 5.82 Å². The second-order valence-corrected chi connectivity index (χ2v) is 5.56. The molecule has 1 aromatic carbocycles. The highest BCUT2D eigenvalue weighted by atomic mass is 19.4. The van der Waals surface area contributed by atoms with Gasteiger partial charge < -0.3 is 15.3 Å². The zero-order valence-electron chi connectivity index (χ0n) is 12.6. The van der Waals surface area contributed by atoms with Gasteiger partial charge in [0.2, 0.25) is 0 Å². The van der Waals surface area contributed by atoms with Crippen LogP contribution in [0.2, 0.25) is 0 Å². The minimum Gasteiger partial charge on any atom is -0.396 e. The van der Waals surface area contributed by atoms with Gasteiger partial charge >= 0.3 is 18.0 Å². The number of piperidine rings is 1. The number of nitrogens with zero attached hydrogens (tertiary/aromatic N) is 1. The monoisotopic (exact) mass is 348 g/mol. The molecule has 132 valence electrons. The molecule has 1 aromatic rings. The van der Waals surface area contributed by atoms with Crippen molar-refractivity contribution in [2.75, 3.05) is 25.0 Å². The third kappa shape index (κ3) is 4.22. The first-order chi connectivity index (χ1) is 11.2. The fourth-order valence-corrected chi connectivity index (χ4v) is 2.50. The minimum atomic E-state index is -4.87. The Kier molecular flexibility index (Phi) is 5.43. The number of nitrogens with one attached hydrogen (secondary N) is 1. The van der Waals surface area contributed by atoms with Crippen LogP contribution in [-0.4, -0.2) is 41.5 Å². The number of aliphatic hydroxyl groups is 1. The third-order valence-corrected chi connectivity index (χ3v) is 3.89. The summed E-state index contributed by atoms with van der Waals surface area (Å²) < 4.78 is 51.7. The number of benzene rings is 1. The van der Waals surface area contributed by atoms with E-state index in [4.69, 9.17) is 5.11 Å². The summed E-state index contributed by atoms with van der Waals surface area (Å²) in [6, 6.07) is 1.79. The lowest BCUT2D eigenvalue weighted by molar-refractivity contribution is -0.144. The summed E-state index contributed by atoms with van der Waals surface area (Å²) in [5, 5.41) is 10.9. The number of hydrogen-bond donors (Lipinski definition) is 2. The maximum Gasteiger partial charge on any atom is 0.418 e. The molecule has 0 saturated carbocycles. The van der Waals surface area contributed by atoms with Gasteiger partial charge in [-0.1, -0.05) is 0 Å². The highest BCUT2D eigenvalue weighted by Gasteiger charge is 2.35. The van der Waals surface area contributed by atoms with Crippen molar-refractivity contribution in [2.24, 2.45) is 5.92 Å². The van der Waals surface area contributed by atoms with Crippen molar-refractivity contribution in [3.8, 4) is 0 Å². The lowest BCUT2D eigenvalue weighted by Crippen LogP contribution is -2.44. The Morgan fingerprint density at radius 2 is 1.88 bits per heavy atom. The maximum absolute atomic E-state index is 13.0. The second kappa shape index (κ2) is 7.16. The largest absolute Gasteiger partial charge is 0.418 e. The number of amides is 2. The Labute approximate surface area is 135 Å². The smallest absolute Gasteiger partial charge is 0.396 e. The quantitative estimate of drug-likeness (QED) is 0.635. The molecule has 1 aliphatic rings. The molecule has 0 radical (unpaired) electrons. The first-order valence-corrected chi connectivity index (χ1v) is 7.30. The van der Waals surface area contributed by atoms with Crippen LogP contribution < -0.4 is 5.32 Å². The summed E-state index contributed by atoms with van der Waals surface area (Å²) in [5.74, 6) is -3.22. The molecule has 2 N–H and O–H groups in total. The van der Waals surface area contributed by atoms with Gasteiger partial charge in [0.15, 0.2) is 0 Å². The maximum atomic E-state index is 13.0. The van der Waals surface area contributed by atoms with Crippen molar-refractivity contribution >= 4 is 17.5 Å². The Morgan fingerprint density at radius 3 is 2.42 bits per heavy atom. The van der Waals surface area contributed by atoms with E-state index in [2.05, 4.69) is 0 Å². The molecule has 0 unspecified atom stereocenters. The molecule has 0 spiro atoms. The summed E-state index contributed by atoms with van der Waals surface area (Å²) >= 11 is 0. The number of carbonyl (C=O) groups is 2. The molecule has 0 bridgehead atoms. The molecule has 2 amide bonds. The lowest BCUT2D eigenvalue weighted by Gasteiger charge is -2.30. The molecule has 0 aliphatic carbocycles. The van der Waals surface area contributed by atoms with E-state index in [9.17, 15) is 27.2 Å². The SMILES string of the molecule is O=C(Nc1ccc(F)cc1C(F)(F)F)C(=O)N1CCC(CO)CC1. The Hall–Kier alpha value is -2.16. The Bertz CT molecular complexity index is 626. The summed E-state index contributed by atoms with van der Waals surface area (Å²) in [6.45, 7) is 0.471. The standard InChI is InChI=1S/C15H16F4N2O3/c16-10-1-2-12(11(7-10)15(17,18)19)20-13(23)14(24)21-5-3-9(8-22)4-6-21/h1-2,7,9,22H,3-6,8H2,(H,20,23). The van der Waals surface area contributed by atoms with E-state index < -0.39 is 35.1 Å². The molecule has 5 nitrogen and oxygen atoms in total. The van der Waals surface area contributed by atoms with Gasteiger partial charge in [0.25, 0.3) is 0 Å². The fourth-order valence-electron chi connectivity index (χ4n) is 2.50. The molecule has 24 heavy (non-hydrogen) atoms. The highest BCUT2D eigenvalue weighted by Crippen LogP contribution is 2.35. The number of rotatable bonds is 2. The number of hydrogen-bond acceptors (Lipinski definition) is 3. The number of alkyl halides is 3. The normalized spacial score (nSPS) is 16.1. The Morgan fingerprint density at radius 1 is 1.25 bits per heavy atom. The highest BCUT2D eigenvalue weighted by molar-refractivity contribution is 6.39. The van der Waals surface area contributed by atoms with Crippen LogP contribution in [0.4, 0.5) is 23.2 Å². The summed E-state index contributed by atoms with van der Waals surface area (Å²) in [7, 11) is 0. The first kappa shape index (κ1) is 18.2. The molecule has 2 rings (SSSR count). The van der Waals surface area contributed by atoms with Crippen molar-refractivity contribution in [3.63, 3.8) is 0 Å². The van der Waals surface area contributed by atoms with Crippen LogP contribution in [-0.2, 0) is 15.8 Å². The zero-order chi connectivity index (χ0) is 17.9. The predicted octanol–water partition coefficient (Wildman–Crippen LogP) is 2.01. The van der Waals surface area contributed by atoms with Gasteiger partial charge in [-0.3, -0.25) is 9.59 Å². The topological polar surface area (TPSA) is 69.6 Å². The van der Waals surface area contributed by atoms with Gasteiger partial charge in [0.05, 0.1) is 11.3 Å². The van der Waals surface area contributed by atoms with Crippen LogP contribution in [0.3, 0.4) is 0 Å². The van der Waals surface area contributed by atoms with Crippen LogP contribution in [0.1, 0.15) is 18.4 Å². The van der Waals surface area contributed by atoms with E-state index in [1.165, 1.54) is 4.90 Å². The van der Waals surface area contributed by atoms with Gasteiger partial charge in [0, 0.05) is 19.7 Å². The molecular formula is C15H16F4N2O3. The number of halogens is 4. The van der Waals surface area contributed by atoms with Crippen molar-refractivity contribution in [1.82, 2.24) is 4.90 Å². The van der Waals surface area contributed by atoms with Crippen molar-refractivity contribution in [3.05, 3.63) is 29.6 Å². The molecule has 0 aromatic heterocycles. The van der Waals surface area contributed by atoms with E-state index in [0.717, 1.165) is 12.1 Å². The van der Waals surface area contributed by atoms with Gasteiger partial charge in [-0.05, 0) is 37.0 Å². The van der Waals surface area contributed by atoms with Crippen LogP contribution in [0.5, 0.6) is 0 Å². The number of anilines is 1. The predicted molar refractivity (Wildman–Crippen MR) is 76.4 cm³/mol. The van der Waals surface area contributed by atoms with Crippen molar-refractivity contribution in [1.29, 1.82) is 0 Å². The van der Waals surface area contributed by atoms with E-state index in [1.54, 1.807) is 0 Å². The number of aliphatic hydroxyl groups excluding tert-OH is 1. The van der Waals surface area contributed by atoms with Crippen LogP contribution in [0, 0.1) is 11.7 Å². The average Bonchev–Trinajstić information content (AvgIpc) is 2.55. The van der Waals surface area contributed by atoms with E-state index >= 15 is 0 Å². The van der Waals surface area contributed by atoms with Crippen molar-refractivity contribution < 1.29 is 32.3 Å². The van der Waals surface area contributed by atoms with Gasteiger partial charge in [-0.2, -0.15) is 13.2 Å². The van der Waals surface area contributed by atoms with Gasteiger partial charge in [-0.15, -0.1) is 0 Å². The van der Waals surface area contributed by atoms with Crippen LogP contribution in [0.15, 0.2) is 18.2 Å². The van der Waals surface area contributed by atoms with Crippen molar-refractivity contribution in [2.45, 2.75) is 19.0 Å². The van der Waals surface area contributed by atoms with E-state index in [-0.39, 0.29) is 31.7 Å². The average molecular weight is 348 g/mol. The summed E-state index contributed by atoms with van der Waals surface area (Å²) in [6.07, 6.45) is -3.84. The van der Waals surface area contributed by atoms with Crippen LogP contribution >= 0.6 is 0 Å².